The molecule has 246 valence electrons. The van der Waals surface area contributed by atoms with Gasteiger partial charge < -0.3 is 9.84 Å². The zero-order chi connectivity index (χ0) is 35.1. The van der Waals surface area contributed by atoms with Gasteiger partial charge in [0.25, 0.3) is 0 Å². The van der Waals surface area contributed by atoms with Crippen LogP contribution in [0.4, 0.5) is 0 Å². The summed E-state index contributed by atoms with van der Waals surface area (Å²) in [6, 6.07) is 29.9. The first-order chi connectivity index (χ1) is 24.0. The minimum Gasteiger partial charge on any atom is -0.506 e. The van der Waals surface area contributed by atoms with Gasteiger partial charge in [-0.05, 0) is 154 Å². The molecule has 0 spiro atoms. The van der Waals surface area contributed by atoms with Crippen LogP contribution < -0.4 is 0 Å². The quantitative estimate of drug-likeness (QED) is 0.136. The van der Waals surface area contributed by atoms with Gasteiger partial charge in [0.1, 0.15) is 17.3 Å². The molecule has 0 radical (unpaired) electrons. The molecule has 4 nitrogen and oxygen atoms in total. The fraction of sp³-hybridized carbons (Fsp3) is 0. The van der Waals surface area contributed by atoms with Gasteiger partial charge in [-0.1, -0.05) is 53.5 Å². The Hall–Kier alpha value is -3.50. The molecule has 0 bridgehead atoms. The van der Waals surface area contributed by atoms with Crippen LogP contribution in [0.2, 0.25) is 10.0 Å². The monoisotopic (exact) mass is 951 g/mol. The Kier molecular flexibility index (Phi) is 10.2. The van der Waals surface area contributed by atoms with Crippen molar-refractivity contribution in [1.29, 1.82) is 0 Å². The molecule has 1 aromatic heterocycles. The highest BCUT2D eigenvalue weighted by atomic mass is 79.9. The Labute approximate surface area is 331 Å². The largest absolute Gasteiger partial charge is 0.506 e. The lowest BCUT2D eigenvalue weighted by atomic mass is 9.85. The van der Waals surface area contributed by atoms with Gasteiger partial charge in [0, 0.05) is 29.0 Å². The number of ether oxygens (including phenoxy) is 1. The highest BCUT2D eigenvalue weighted by Gasteiger charge is 2.33. The topological polar surface area (TPSA) is 57.8 Å². The number of aliphatic hydroxyl groups excluding tert-OH is 1. The maximum Gasteiger partial charge on any atom is 0.362 e. The van der Waals surface area contributed by atoms with E-state index < -0.39 is 0 Å². The number of halogens is 6. The predicted octanol–water partition coefficient (Wildman–Crippen LogP) is 14.1. The molecule has 2 aliphatic rings. The molecule has 0 fully saturated rings. The summed E-state index contributed by atoms with van der Waals surface area (Å²) in [6.45, 7) is 0. The molecule has 0 unspecified atom stereocenters. The maximum atomic E-state index is 13.6. The first-order valence-corrected chi connectivity index (χ1v) is 18.9. The SMILES string of the molecule is O=C1C(=Cc2cc(-c3ccc(Br)c(Br)c3)[o+]c(-c3ccccc3Cl)c2)C(O)=C1C=C1C=C(c2ccc(Br)c(Br)c2)OC(c2ccccc2Cl)=C1. The van der Waals surface area contributed by atoms with Crippen LogP contribution in [0.3, 0.4) is 0 Å². The smallest absolute Gasteiger partial charge is 0.362 e. The first-order valence-electron chi connectivity index (χ1n) is 15.0. The van der Waals surface area contributed by atoms with Crippen LogP contribution >= 0.6 is 86.9 Å². The summed E-state index contributed by atoms with van der Waals surface area (Å²) in [5.41, 5.74) is 4.66. The highest BCUT2D eigenvalue weighted by molar-refractivity contribution is 9.13. The molecule has 0 atom stereocenters. The number of carbonyl (C=O) groups excluding carboxylic acids is 1. The van der Waals surface area contributed by atoms with Gasteiger partial charge in [-0.3, -0.25) is 4.79 Å². The Morgan fingerprint density at radius 2 is 1.22 bits per heavy atom. The van der Waals surface area contributed by atoms with E-state index in [9.17, 15) is 9.90 Å². The lowest BCUT2D eigenvalue weighted by Crippen LogP contribution is -2.21. The summed E-state index contributed by atoms with van der Waals surface area (Å²) < 4.78 is 16.2. The molecular formula is C40H21Br4Cl2O4+. The summed E-state index contributed by atoms with van der Waals surface area (Å²) in [7, 11) is 0. The van der Waals surface area contributed by atoms with Crippen molar-refractivity contribution in [3.8, 4) is 22.6 Å². The Bertz CT molecular complexity index is 2410. The van der Waals surface area contributed by atoms with Gasteiger partial charge in [0.05, 0.1) is 44.5 Å². The minimum absolute atomic E-state index is 0.115. The van der Waals surface area contributed by atoms with Gasteiger partial charge in [0.2, 0.25) is 5.78 Å². The summed E-state index contributed by atoms with van der Waals surface area (Å²) in [5.74, 6) is 1.70. The lowest BCUT2D eigenvalue weighted by Gasteiger charge is -2.22. The van der Waals surface area contributed by atoms with Crippen LogP contribution in [-0.4, -0.2) is 10.9 Å². The number of hydrogen-bond acceptors (Lipinski definition) is 3. The Morgan fingerprint density at radius 3 is 1.86 bits per heavy atom. The summed E-state index contributed by atoms with van der Waals surface area (Å²) >= 11 is 27.3. The van der Waals surface area contributed by atoms with Crippen LogP contribution in [0.5, 0.6) is 0 Å². The molecule has 0 saturated heterocycles. The Morgan fingerprint density at radius 1 is 0.640 bits per heavy atom. The van der Waals surface area contributed by atoms with Gasteiger partial charge in [-0.2, -0.15) is 0 Å². The third kappa shape index (κ3) is 7.15. The van der Waals surface area contributed by atoms with E-state index in [4.69, 9.17) is 32.4 Å². The second kappa shape index (κ2) is 14.6. The third-order valence-corrected chi connectivity index (χ3v) is 12.4. The van der Waals surface area contributed by atoms with E-state index >= 15 is 0 Å². The van der Waals surface area contributed by atoms with Crippen molar-refractivity contribution >= 4 is 110 Å². The van der Waals surface area contributed by atoms with Crippen LogP contribution in [0, 0.1) is 0 Å². The standard InChI is InChI=1S/C40H20Br4Cl2O4/c41-29-11-9-23(19-31(29)43)35-15-21(17-37(49-35)25-5-1-3-7-33(25)45)13-27-39(47)28(40(27)48)14-22-16-36(24-10-12-30(42)32(44)20-24)50-38(18-22)26-6-2-4-8-34(26)46/h1-20H/p+1. The van der Waals surface area contributed by atoms with Crippen molar-refractivity contribution in [3.63, 3.8) is 0 Å². The fourth-order valence-corrected chi connectivity index (χ4v) is 7.13. The Balaban J connectivity index is 1.31. The van der Waals surface area contributed by atoms with Crippen molar-refractivity contribution in [1.82, 2.24) is 0 Å². The summed E-state index contributed by atoms with van der Waals surface area (Å²) in [6.07, 6.45) is 6.93. The predicted molar refractivity (Wildman–Crippen MR) is 215 cm³/mol. The zero-order valence-corrected chi connectivity index (χ0v) is 33.3. The molecule has 10 heteroatoms. The zero-order valence-electron chi connectivity index (χ0n) is 25.5. The molecule has 7 rings (SSSR count). The fourth-order valence-electron chi connectivity index (χ4n) is 5.43. The number of carbonyl (C=O) groups is 1. The summed E-state index contributed by atoms with van der Waals surface area (Å²) in [5, 5.41) is 12.3. The number of aliphatic hydroxyl groups is 1. The number of hydrogen-bond donors (Lipinski definition) is 1. The molecule has 0 saturated carbocycles. The molecule has 0 amide bonds. The van der Waals surface area contributed by atoms with E-state index in [1.807, 2.05) is 84.9 Å². The summed E-state index contributed by atoms with van der Waals surface area (Å²) in [4.78, 5) is 13.6. The van der Waals surface area contributed by atoms with Crippen molar-refractivity contribution in [2.24, 2.45) is 0 Å². The maximum absolute atomic E-state index is 13.6. The molecular weight excluding hydrogens is 935 g/mol. The average Bonchev–Trinajstić information content (AvgIpc) is 3.12. The van der Waals surface area contributed by atoms with E-state index in [2.05, 4.69) is 63.7 Å². The van der Waals surface area contributed by atoms with E-state index in [0.717, 1.165) is 29.0 Å². The number of rotatable bonds is 6. The lowest BCUT2D eigenvalue weighted by molar-refractivity contribution is -0.113. The van der Waals surface area contributed by atoms with Crippen molar-refractivity contribution in [2.75, 3.05) is 0 Å². The number of Topliss-reactive ketones (excluding diaryl/α,β-unsaturated/α-hetero) is 1. The van der Waals surface area contributed by atoms with Crippen LogP contribution in [0.1, 0.15) is 16.7 Å². The van der Waals surface area contributed by atoms with Crippen LogP contribution in [0.15, 0.2) is 160 Å². The second-order valence-electron chi connectivity index (χ2n) is 11.2. The van der Waals surface area contributed by atoms with Crippen molar-refractivity contribution < 1.29 is 19.1 Å². The molecule has 2 heterocycles. The van der Waals surface area contributed by atoms with E-state index in [1.165, 1.54) is 0 Å². The molecule has 1 aliphatic carbocycles. The average molecular weight is 956 g/mol. The first kappa shape index (κ1) is 34.9. The van der Waals surface area contributed by atoms with Gasteiger partial charge in [-0.25, -0.2) is 4.42 Å². The van der Waals surface area contributed by atoms with Gasteiger partial charge in [-0.15, -0.1) is 0 Å². The molecule has 5 aromatic rings. The molecule has 1 aliphatic heterocycles. The number of ketones is 1. The third-order valence-electron chi connectivity index (χ3n) is 7.94. The minimum atomic E-state index is -0.302. The highest BCUT2D eigenvalue weighted by Crippen LogP contribution is 2.40. The normalized spacial score (nSPS) is 15.9. The van der Waals surface area contributed by atoms with Gasteiger partial charge >= 0.3 is 11.5 Å². The van der Waals surface area contributed by atoms with E-state index in [-0.39, 0.29) is 22.7 Å². The number of benzene rings is 4. The molecule has 4 aromatic carbocycles. The van der Waals surface area contributed by atoms with E-state index in [1.54, 1.807) is 36.4 Å². The van der Waals surface area contributed by atoms with Crippen LogP contribution in [0.25, 0.3) is 40.2 Å². The molecule has 1 N–H and O–H groups in total. The van der Waals surface area contributed by atoms with Crippen molar-refractivity contribution in [3.05, 3.63) is 182 Å². The number of allylic oxidation sites excluding steroid dienone is 6. The van der Waals surface area contributed by atoms with Gasteiger partial charge in [0.15, 0.2) is 0 Å². The molecule has 50 heavy (non-hydrogen) atoms. The second-order valence-corrected chi connectivity index (χ2v) is 15.5. The van der Waals surface area contributed by atoms with Crippen LogP contribution in [-0.2, 0) is 9.53 Å². The van der Waals surface area contributed by atoms with E-state index in [0.29, 0.717) is 55.3 Å². The van der Waals surface area contributed by atoms with Crippen molar-refractivity contribution in [2.45, 2.75) is 0 Å².